The van der Waals surface area contributed by atoms with Crippen LogP contribution in [0.2, 0.25) is 0 Å². The third-order valence-electron chi connectivity index (χ3n) is 4.02. The number of hydrogen-bond acceptors (Lipinski definition) is 3. The first-order valence-electron chi connectivity index (χ1n) is 7.94. The van der Waals surface area contributed by atoms with E-state index in [1.165, 1.54) is 0 Å². The molecule has 24 heavy (non-hydrogen) atoms. The fraction of sp³-hybridized carbons (Fsp3) is 0.278. The van der Waals surface area contributed by atoms with Gasteiger partial charge in [-0.05, 0) is 55.7 Å². The molecule has 1 aromatic carbocycles. The van der Waals surface area contributed by atoms with Crippen LogP contribution in [-0.4, -0.2) is 24.5 Å². The van der Waals surface area contributed by atoms with E-state index in [2.05, 4.69) is 9.71 Å². The number of hydrogen-bond donors (Lipinski definition) is 1. The number of rotatable bonds is 6. The second-order valence-corrected chi connectivity index (χ2v) is 7.68. The molecule has 0 aliphatic rings. The molecule has 0 aliphatic carbocycles. The lowest BCUT2D eigenvalue weighted by atomic mass is 10.2. The number of pyridine rings is 1. The van der Waals surface area contributed by atoms with E-state index in [0.29, 0.717) is 17.9 Å². The lowest BCUT2D eigenvalue weighted by Crippen LogP contribution is -2.26. The van der Waals surface area contributed by atoms with Crippen molar-refractivity contribution >= 4 is 21.1 Å². The standard InChI is InChI=1S/C18H21N3O2S/c1-14-6-7-15(2)17(13-14)24(22,23)20-10-4-11-21-12-8-16-5-3-9-19-18(16)21/h3,5-9,12-13,20H,4,10-11H2,1-2H3. The van der Waals surface area contributed by atoms with Gasteiger partial charge in [0.25, 0.3) is 0 Å². The van der Waals surface area contributed by atoms with Crippen LogP contribution < -0.4 is 4.72 Å². The average molecular weight is 343 g/mol. The van der Waals surface area contributed by atoms with Crippen LogP contribution in [-0.2, 0) is 16.6 Å². The molecule has 3 rings (SSSR count). The summed E-state index contributed by atoms with van der Waals surface area (Å²) < 4.78 is 29.6. The summed E-state index contributed by atoms with van der Waals surface area (Å²) >= 11 is 0. The summed E-state index contributed by atoms with van der Waals surface area (Å²) in [6.45, 7) is 4.81. The number of nitrogens with zero attached hydrogens (tertiary/aromatic N) is 2. The van der Waals surface area contributed by atoms with E-state index in [4.69, 9.17) is 0 Å². The van der Waals surface area contributed by atoms with E-state index in [1.54, 1.807) is 12.3 Å². The summed E-state index contributed by atoms with van der Waals surface area (Å²) in [6, 6.07) is 11.4. The molecule has 0 radical (unpaired) electrons. The van der Waals surface area contributed by atoms with Crippen molar-refractivity contribution in [1.29, 1.82) is 0 Å². The molecule has 0 saturated heterocycles. The maximum absolute atomic E-state index is 12.4. The highest BCUT2D eigenvalue weighted by Crippen LogP contribution is 2.17. The van der Waals surface area contributed by atoms with Gasteiger partial charge in [0, 0.05) is 30.9 Å². The second-order valence-electron chi connectivity index (χ2n) is 5.95. The number of benzene rings is 1. The van der Waals surface area contributed by atoms with Crippen LogP contribution in [0.5, 0.6) is 0 Å². The van der Waals surface area contributed by atoms with Gasteiger partial charge in [0.05, 0.1) is 4.90 Å². The van der Waals surface area contributed by atoms with Crippen molar-refractivity contribution in [2.75, 3.05) is 6.54 Å². The Bertz CT molecular complexity index is 961. The Kier molecular flexibility index (Phi) is 4.69. The van der Waals surface area contributed by atoms with Gasteiger partial charge < -0.3 is 4.57 Å². The lowest BCUT2D eigenvalue weighted by molar-refractivity contribution is 0.571. The molecule has 0 unspecified atom stereocenters. The van der Waals surface area contributed by atoms with Gasteiger partial charge in [0.2, 0.25) is 10.0 Å². The third kappa shape index (κ3) is 3.49. The summed E-state index contributed by atoms with van der Waals surface area (Å²) in [4.78, 5) is 4.72. The van der Waals surface area contributed by atoms with E-state index in [0.717, 1.165) is 28.7 Å². The number of nitrogens with one attached hydrogen (secondary N) is 1. The largest absolute Gasteiger partial charge is 0.332 e. The molecule has 5 nitrogen and oxygen atoms in total. The summed E-state index contributed by atoms with van der Waals surface area (Å²) in [5.41, 5.74) is 2.62. The van der Waals surface area contributed by atoms with Crippen LogP contribution >= 0.6 is 0 Å². The first kappa shape index (κ1) is 16.7. The topological polar surface area (TPSA) is 64.0 Å². The van der Waals surface area contributed by atoms with Gasteiger partial charge in [0.15, 0.2) is 0 Å². The van der Waals surface area contributed by atoms with Gasteiger partial charge in [0.1, 0.15) is 5.65 Å². The molecular formula is C18H21N3O2S. The number of aromatic nitrogens is 2. The van der Waals surface area contributed by atoms with Crippen molar-refractivity contribution in [2.24, 2.45) is 0 Å². The molecule has 3 aromatic rings. The summed E-state index contributed by atoms with van der Waals surface area (Å²) in [6.07, 6.45) is 4.45. The summed E-state index contributed by atoms with van der Waals surface area (Å²) in [5.74, 6) is 0. The van der Waals surface area contributed by atoms with Crippen LogP contribution in [0.1, 0.15) is 17.5 Å². The molecule has 6 heteroatoms. The third-order valence-corrected chi connectivity index (χ3v) is 5.63. The van der Waals surface area contributed by atoms with Crippen molar-refractivity contribution in [3.63, 3.8) is 0 Å². The van der Waals surface area contributed by atoms with E-state index in [-0.39, 0.29) is 0 Å². The van der Waals surface area contributed by atoms with Crippen LogP contribution in [0.25, 0.3) is 11.0 Å². The number of sulfonamides is 1. The molecule has 1 N–H and O–H groups in total. The molecule has 0 amide bonds. The fourth-order valence-corrected chi connectivity index (χ4v) is 4.13. The zero-order chi connectivity index (χ0) is 17.2. The van der Waals surface area contributed by atoms with Crippen LogP contribution in [0.4, 0.5) is 0 Å². The molecular weight excluding hydrogens is 322 g/mol. The van der Waals surface area contributed by atoms with Crippen molar-refractivity contribution in [1.82, 2.24) is 14.3 Å². The predicted octanol–water partition coefficient (Wildman–Crippen LogP) is 3.02. The van der Waals surface area contributed by atoms with Gasteiger partial charge in [-0.3, -0.25) is 0 Å². The second kappa shape index (κ2) is 6.75. The molecule has 2 aromatic heterocycles. The molecule has 126 valence electrons. The Morgan fingerprint density at radius 2 is 2.00 bits per heavy atom. The molecule has 0 bridgehead atoms. The van der Waals surface area contributed by atoms with Crippen LogP contribution in [0, 0.1) is 13.8 Å². The number of aryl methyl sites for hydroxylation is 3. The highest BCUT2D eigenvalue weighted by atomic mass is 32.2. The first-order chi connectivity index (χ1) is 11.5. The van der Waals surface area contributed by atoms with Crippen molar-refractivity contribution in [3.8, 4) is 0 Å². The van der Waals surface area contributed by atoms with Crippen molar-refractivity contribution < 1.29 is 8.42 Å². The summed E-state index contributed by atoms with van der Waals surface area (Å²) in [7, 11) is -3.47. The maximum atomic E-state index is 12.4. The lowest BCUT2D eigenvalue weighted by Gasteiger charge is -2.10. The number of fused-ring (bicyclic) bond motifs is 1. The van der Waals surface area contributed by atoms with Gasteiger partial charge in [-0.2, -0.15) is 0 Å². The van der Waals surface area contributed by atoms with Crippen LogP contribution in [0.15, 0.2) is 53.7 Å². The van der Waals surface area contributed by atoms with Gasteiger partial charge >= 0.3 is 0 Å². The van der Waals surface area contributed by atoms with Gasteiger partial charge in [-0.1, -0.05) is 12.1 Å². The quantitative estimate of drug-likeness (QED) is 0.700. The smallest absolute Gasteiger partial charge is 0.240 e. The summed E-state index contributed by atoms with van der Waals surface area (Å²) in [5, 5.41) is 1.09. The fourth-order valence-electron chi connectivity index (χ4n) is 2.73. The highest BCUT2D eigenvalue weighted by Gasteiger charge is 2.16. The Morgan fingerprint density at radius 1 is 1.17 bits per heavy atom. The first-order valence-corrected chi connectivity index (χ1v) is 9.42. The zero-order valence-electron chi connectivity index (χ0n) is 13.9. The molecule has 0 saturated carbocycles. The van der Waals surface area contributed by atoms with Crippen molar-refractivity contribution in [2.45, 2.75) is 31.7 Å². The normalized spacial score (nSPS) is 11.9. The monoisotopic (exact) mass is 343 g/mol. The molecule has 0 spiro atoms. The van der Waals surface area contributed by atoms with E-state index in [1.807, 2.05) is 54.9 Å². The van der Waals surface area contributed by atoms with Crippen LogP contribution in [0.3, 0.4) is 0 Å². The Balaban J connectivity index is 1.62. The Labute approximate surface area is 142 Å². The van der Waals surface area contributed by atoms with Gasteiger partial charge in [-0.25, -0.2) is 18.1 Å². The highest BCUT2D eigenvalue weighted by molar-refractivity contribution is 7.89. The SMILES string of the molecule is Cc1ccc(C)c(S(=O)(=O)NCCCn2ccc3cccnc32)c1. The minimum Gasteiger partial charge on any atom is -0.332 e. The maximum Gasteiger partial charge on any atom is 0.240 e. The molecule has 0 fully saturated rings. The Morgan fingerprint density at radius 3 is 2.83 bits per heavy atom. The van der Waals surface area contributed by atoms with Crippen molar-refractivity contribution in [3.05, 3.63) is 59.9 Å². The molecule has 0 atom stereocenters. The Hall–Kier alpha value is -2.18. The zero-order valence-corrected chi connectivity index (χ0v) is 14.7. The molecule has 0 aliphatic heterocycles. The van der Waals surface area contributed by atoms with Gasteiger partial charge in [-0.15, -0.1) is 0 Å². The predicted molar refractivity (Wildman–Crippen MR) is 95.5 cm³/mol. The average Bonchev–Trinajstić information content (AvgIpc) is 2.97. The minimum atomic E-state index is -3.47. The van der Waals surface area contributed by atoms with E-state index < -0.39 is 10.0 Å². The molecule has 2 heterocycles. The minimum absolute atomic E-state index is 0.357. The van der Waals surface area contributed by atoms with E-state index >= 15 is 0 Å². The van der Waals surface area contributed by atoms with E-state index in [9.17, 15) is 8.42 Å².